The van der Waals surface area contributed by atoms with Gasteiger partial charge in [0, 0.05) is 24.2 Å². The Bertz CT molecular complexity index is 600. The molecule has 5 nitrogen and oxygen atoms in total. The Kier molecular flexibility index (Phi) is 4.45. The van der Waals surface area contributed by atoms with Gasteiger partial charge in [-0.15, -0.1) is 0 Å². The standard InChI is InChI=1S/C15H18N2O3/c1-17-9-11-7-13(3-5-15(11)19)20-12-2-4-14(18)10(6-12)8-16/h2-7,17-19H,8-9,16H2,1H3. The Hall–Kier alpha value is -2.24. The van der Waals surface area contributed by atoms with Crippen molar-refractivity contribution in [1.29, 1.82) is 0 Å². The fourth-order valence-electron chi connectivity index (χ4n) is 1.88. The lowest BCUT2D eigenvalue weighted by Gasteiger charge is -2.10. The van der Waals surface area contributed by atoms with Crippen molar-refractivity contribution < 1.29 is 14.9 Å². The molecule has 2 aromatic carbocycles. The molecule has 0 amide bonds. The van der Waals surface area contributed by atoms with E-state index in [0.717, 1.165) is 5.56 Å². The normalized spacial score (nSPS) is 10.5. The van der Waals surface area contributed by atoms with Gasteiger partial charge in [-0.2, -0.15) is 0 Å². The molecule has 0 fully saturated rings. The minimum Gasteiger partial charge on any atom is -0.508 e. The number of phenolic OH excluding ortho intramolecular Hbond substituents is 2. The molecule has 0 radical (unpaired) electrons. The van der Waals surface area contributed by atoms with E-state index in [1.165, 1.54) is 0 Å². The van der Waals surface area contributed by atoms with Gasteiger partial charge in [-0.05, 0) is 43.4 Å². The molecule has 5 heteroatoms. The number of hydrogen-bond acceptors (Lipinski definition) is 5. The zero-order chi connectivity index (χ0) is 14.5. The smallest absolute Gasteiger partial charge is 0.128 e. The van der Waals surface area contributed by atoms with Crippen molar-refractivity contribution in [2.75, 3.05) is 7.05 Å². The summed E-state index contributed by atoms with van der Waals surface area (Å²) in [6.45, 7) is 0.788. The van der Waals surface area contributed by atoms with Gasteiger partial charge in [-0.25, -0.2) is 0 Å². The average molecular weight is 274 g/mol. The van der Waals surface area contributed by atoms with Crippen molar-refractivity contribution in [1.82, 2.24) is 5.32 Å². The molecule has 2 rings (SSSR count). The molecule has 0 aliphatic rings. The van der Waals surface area contributed by atoms with Crippen LogP contribution in [0.2, 0.25) is 0 Å². The topological polar surface area (TPSA) is 87.7 Å². The molecule has 106 valence electrons. The Labute approximate surface area is 117 Å². The van der Waals surface area contributed by atoms with Crippen molar-refractivity contribution >= 4 is 0 Å². The molecule has 0 saturated heterocycles. The van der Waals surface area contributed by atoms with Crippen LogP contribution in [0.1, 0.15) is 11.1 Å². The summed E-state index contributed by atoms with van der Waals surface area (Å²) in [6.07, 6.45) is 0. The first kappa shape index (κ1) is 14.2. The lowest BCUT2D eigenvalue weighted by molar-refractivity contribution is 0.451. The van der Waals surface area contributed by atoms with E-state index in [1.54, 1.807) is 43.4 Å². The second-order valence-corrected chi connectivity index (χ2v) is 4.42. The zero-order valence-corrected chi connectivity index (χ0v) is 11.3. The number of benzene rings is 2. The minimum absolute atomic E-state index is 0.154. The summed E-state index contributed by atoms with van der Waals surface area (Å²) in [5.41, 5.74) is 6.91. The molecule has 0 atom stereocenters. The highest BCUT2D eigenvalue weighted by Crippen LogP contribution is 2.29. The van der Waals surface area contributed by atoms with Crippen LogP contribution in [-0.4, -0.2) is 17.3 Å². The lowest BCUT2D eigenvalue weighted by atomic mass is 10.1. The largest absolute Gasteiger partial charge is 0.508 e. The number of nitrogens with two attached hydrogens (primary N) is 1. The maximum atomic E-state index is 9.71. The van der Waals surface area contributed by atoms with E-state index in [1.807, 2.05) is 0 Å². The second-order valence-electron chi connectivity index (χ2n) is 4.42. The van der Waals surface area contributed by atoms with E-state index < -0.39 is 0 Å². The number of ether oxygens (including phenoxy) is 1. The summed E-state index contributed by atoms with van der Waals surface area (Å²) < 4.78 is 5.71. The average Bonchev–Trinajstić information content (AvgIpc) is 2.45. The number of aromatic hydroxyl groups is 2. The molecule has 0 spiro atoms. The minimum atomic E-state index is 0.154. The van der Waals surface area contributed by atoms with Gasteiger partial charge in [0.15, 0.2) is 0 Å². The third-order valence-corrected chi connectivity index (χ3v) is 2.92. The van der Waals surface area contributed by atoms with Gasteiger partial charge < -0.3 is 26.0 Å². The van der Waals surface area contributed by atoms with Crippen molar-refractivity contribution in [3.8, 4) is 23.0 Å². The third kappa shape index (κ3) is 3.20. The van der Waals surface area contributed by atoms with E-state index in [0.29, 0.717) is 23.6 Å². The fourth-order valence-corrected chi connectivity index (χ4v) is 1.88. The van der Waals surface area contributed by atoms with Crippen molar-refractivity contribution in [3.63, 3.8) is 0 Å². The number of rotatable bonds is 5. The summed E-state index contributed by atoms with van der Waals surface area (Å²) in [4.78, 5) is 0. The molecular weight excluding hydrogens is 256 g/mol. The monoisotopic (exact) mass is 274 g/mol. The second kappa shape index (κ2) is 6.27. The van der Waals surface area contributed by atoms with E-state index >= 15 is 0 Å². The summed E-state index contributed by atoms with van der Waals surface area (Å²) in [7, 11) is 1.81. The van der Waals surface area contributed by atoms with Gasteiger partial charge in [0.2, 0.25) is 0 Å². The summed E-state index contributed by atoms with van der Waals surface area (Å²) in [5, 5.41) is 22.3. The van der Waals surface area contributed by atoms with Gasteiger partial charge in [0.25, 0.3) is 0 Å². The van der Waals surface area contributed by atoms with E-state index in [2.05, 4.69) is 5.32 Å². The first-order valence-corrected chi connectivity index (χ1v) is 6.30. The third-order valence-electron chi connectivity index (χ3n) is 2.92. The van der Waals surface area contributed by atoms with Crippen LogP contribution in [0.25, 0.3) is 0 Å². The SMILES string of the molecule is CNCc1cc(Oc2ccc(O)c(CN)c2)ccc1O. The maximum Gasteiger partial charge on any atom is 0.128 e. The molecular formula is C15H18N2O3. The molecule has 0 aliphatic carbocycles. The van der Waals surface area contributed by atoms with Crippen LogP contribution in [0.15, 0.2) is 36.4 Å². The molecule has 20 heavy (non-hydrogen) atoms. The van der Waals surface area contributed by atoms with Crippen LogP contribution in [-0.2, 0) is 13.1 Å². The molecule has 5 N–H and O–H groups in total. The Morgan fingerprint density at radius 3 is 2.10 bits per heavy atom. The summed E-state index contributed by atoms with van der Waals surface area (Å²) in [6, 6.07) is 9.95. The van der Waals surface area contributed by atoms with Gasteiger partial charge in [-0.1, -0.05) is 0 Å². The fraction of sp³-hybridized carbons (Fsp3) is 0.200. The van der Waals surface area contributed by atoms with Crippen molar-refractivity contribution in [2.24, 2.45) is 5.73 Å². The maximum absolute atomic E-state index is 9.71. The quantitative estimate of drug-likeness (QED) is 0.670. The van der Waals surface area contributed by atoms with Gasteiger partial charge in [0.05, 0.1) is 0 Å². The first-order valence-electron chi connectivity index (χ1n) is 6.30. The van der Waals surface area contributed by atoms with Crippen molar-refractivity contribution in [2.45, 2.75) is 13.1 Å². The Balaban J connectivity index is 2.23. The van der Waals surface area contributed by atoms with Crippen LogP contribution >= 0.6 is 0 Å². The summed E-state index contributed by atoms with van der Waals surface area (Å²) in [5.74, 6) is 1.58. The predicted molar refractivity (Wildman–Crippen MR) is 76.9 cm³/mol. The first-order chi connectivity index (χ1) is 9.63. The van der Waals surface area contributed by atoms with E-state index in [-0.39, 0.29) is 18.0 Å². The van der Waals surface area contributed by atoms with Gasteiger partial charge in [0.1, 0.15) is 23.0 Å². The lowest BCUT2D eigenvalue weighted by Crippen LogP contribution is -2.05. The van der Waals surface area contributed by atoms with Crippen LogP contribution < -0.4 is 15.8 Å². The molecule has 0 saturated carbocycles. The predicted octanol–water partition coefficient (Wildman–Crippen LogP) is 2.07. The van der Waals surface area contributed by atoms with Gasteiger partial charge >= 0.3 is 0 Å². The highest BCUT2D eigenvalue weighted by atomic mass is 16.5. The highest BCUT2D eigenvalue weighted by Gasteiger charge is 2.06. The molecule has 0 unspecified atom stereocenters. The summed E-state index contributed by atoms with van der Waals surface area (Å²) >= 11 is 0. The van der Waals surface area contributed by atoms with Crippen molar-refractivity contribution in [3.05, 3.63) is 47.5 Å². The van der Waals surface area contributed by atoms with E-state index in [4.69, 9.17) is 10.5 Å². The van der Waals surface area contributed by atoms with Gasteiger partial charge in [-0.3, -0.25) is 0 Å². The Morgan fingerprint density at radius 1 is 1.00 bits per heavy atom. The van der Waals surface area contributed by atoms with Crippen LogP contribution in [0.3, 0.4) is 0 Å². The number of nitrogens with one attached hydrogen (secondary N) is 1. The van der Waals surface area contributed by atoms with E-state index in [9.17, 15) is 10.2 Å². The van der Waals surface area contributed by atoms with Crippen LogP contribution in [0.4, 0.5) is 0 Å². The Morgan fingerprint density at radius 2 is 1.55 bits per heavy atom. The molecule has 0 bridgehead atoms. The zero-order valence-electron chi connectivity index (χ0n) is 11.3. The highest BCUT2D eigenvalue weighted by molar-refractivity contribution is 5.44. The molecule has 0 aromatic heterocycles. The number of phenols is 2. The van der Waals surface area contributed by atoms with Crippen LogP contribution in [0.5, 0.6) is 23.0 Å². The molecule has 2 aromatic rings. The molecule has 0 aliphatic heterocycles. The number of hydrogen-bond donors (Lipinski definition) is 4. The molecule has 0 heterocycles. The van der Waals surface area contributed by atoms with Crippen LogP contribution in [0, 0.1) is 0 Å².